The summed E-state index contributed by atoms with van der Waals surface area (Å²) in [5.41, 5.74) is 3.43. The summed E-state index contributed by atoms with van der Waals surface area (Å²) in [6.45, 7) is 5.37. The Morgan fingerprint density at radius 2 is 1.00 bits per heavy atom. The Morgan fingerprint density at radius 3 is 1.30 bits per heavy atom. The van der Waals surface area contributed by atoms with Crippen molar-refractivity contribution in [3.8, 4) is 0 Å². The lowest BCUT2D eigenvalue weighted by molar-refractivity contribution is -0.385. The van der Waals surface area contributed by atoms with Gasteiger partial charge in [0.1, 0.15) is 0 Å². The minimum atomic E-state index is -0.546. The summed E-state index contributed by atoms with van der Waals surface area (Å²) in [5.74, 6) is -0.903. The number of carbonyl (C=O) groups excluding carboxylic acids is 2. The molecule has 0 saturated heterocycles. The van der Waals surface area contributed by atoms with Gasteiger partial charge in [0.2, 0.25) is 0 Å². The van der Waals surface area contributed by atoms with E-state index in [2.05, 4.69) is 10.6 Å². The Bertz CT molecular complexity index is 1170. The Hall–Kier alpha value is -4.60. The fraction of sp³-hybridized carbons (Fsp3) is 0.130. The number of hydrogen-bond acceptors (Lipinski definition) is 6. The number of non-ortho nitro benzene ring substituents is 2. The van der Waals surface area contributed by atoms with Crippen LogP contribution >= 0.6 is 0 Å². The maximum absolute atomic E-state index is 12.7. The van der Waals surface area contributed by atoms with Crippen molar-refractivity contribution in [1.29, 1.82) is 0 Å². The summed E-state index contributed by atoms with van der Waals surface area (Å²) in [6, 6.07) is 12.3. The summed E-state index contributed by atoms with van der Waals surface area (Å²) >= 11 is 0. The van der Waals surface area contributed by atoms with Crippen molar-refractivity contribution in [2.45, 2.75) is 20.8 Å². The predicted molar refractivity (Wildman–Crippen MR) is 123 cm³/mol. The summed E-state index contributed by atoms with van der Waals surface area (Å²) < 4.78 is 0. The molecule has 0 aliphatic rings. The van der Waals surface area contributed by atoms with Crippen molar-refractivity contribution >= 4 is 34.6 Å². The molecule has 0 aliphatic heterocycles. The average Bonchev–Trinajstić information content (AvgIpc) is 2.79. The second kappa shape index (κ2) is 9.27. The Labute approximate surface area is 188 Å². The van der Waals surface area contributed by atoms with Gasteiger partial charge >= 0.3 is 0 Å². The van der Waals surface area contributed by atoms with Crippen LogP contribution in [0.15, 0.2) is 54.6 Å². The monoisotopic (exact) mass is 448 g/mol. The van der Waals surface area contributed by atoms with E-state index in [4.69, 9.17) is 0 Å². The zero-order chi connectivity index (χ0) is 24.3. The van der Waals surface area contributed by atoms with Crippen LogP contribution in [-0.4, -0.2) is 21.7 Å². The zero-order valence-corrected chi connectivity index (χ0v) is 18.0. The summed E-state index contributed by atoms with van der Waals surface area (Å²) in [7, 11) is 0. The van der Waals surface area contributed by atoms with Gasteiger partial charge in [-0.15, -0.1) is 0 Å². The highest BCUT2D eigenvalue weighted by atomic mass is 16.6. The van der Waals surface area contributed by atoms with Crippen molar-refractivity contribution in [1.82, 2.24) is 0 Å². The molecule has 3 rings (SSSR count). The number of nitrogens with zero attached hydrogens (tertiary/aromatic N) is 2. The van der Waals surface area contributed by atoms with E-state index in [1.54, 1.807) is 6.92 Å². The number of amides is 2. The Kier molecular flexibility index (Phi) is 6.48. The minimum absolute atomic E-state index is 0.120. The van der Waals surface area contributed by atoms with Gasteiger partial charge in [0.25, 0.3) is 23.2 Å². The van der Waals surface area contributed by atoms with Crippen LogP contribution in [0.1, 0.15) is 37.4 Å². The molecular formula is C23H20N4O6. The third-order valence-corrected chi connectivity index (χ3v) is 5.13. The number of anilines is 2. The fourth-order valence-corrected chi connectivity index (χ4v) is 3.41. The summed E-state index contributed by atoms with van der Waals surface area (Å²) in [5, 5.41) is 27.2. The third-order valence-electron chi connectivity index (χ3n) is 5.13. The van der Waals surface area contributed by atoms with Crippen LogP contribution < -0.4 is 10.6 Å². The lowest BCUT2D eigenvalue weighted by atomic mass is 10.0. The number of nitro benzene ring substituents is 2. The molecule has 3 aromatic carbocycles. The molecule has 0 heterocycles. The third kappa shape index (κ3) is 5.01. The van der Waals surface area contributed by atoms with Gasteiger partial charge in [-0.05, 0) is 61.7 Å². The van der Waals surface area contributed by atoms with Crippen LogP contribution in [0, 0.1) is 41.0 Å². The van der Waals surface area contributed by atoms with Crippen LogP contribution in [0.5, 0.6) is 0 Å². The van der Waals surface area contributed by atoms with Gasteiger partial charge in [0.05, 0.1) is 9.85 Å². The molecule has 33 heavy (non-hydrogen) atoms. The highest BCUT2D eigenvalue weighted by molar-refractivity contribution is 6.08. The maximum atomic E-state index is 12.7. The Balaban J connectivity index is 1.86. The number of hydrogen-bond donors (Lipinski definition) is 2. The number of carbonyl (C=O) groups is 2. The van der Waals surface area contributed by atoms with E-state index >= 15 is 0 Å². The average molecular weight is 448 g/mol. The maximum Gasteiger partial charge on any atom is 0.269 e. The summed E-state index contributed by atoms with van der Waals surface area (Å²) in [4.78, 5) is 45.9. The van der Waals surface area contributed by atoms with E-state index in [-0.39, 0.29) is 22.5 Å². The van der Waals surface area contributed by atoms with Crippen LogP contribution in [0.3, 0.4) is 0 Å². The normalized spacial score (nSPS) is 10.4. The second-order valence-electron chi connectivity index (χ2n) is 7.40. The Morgan fingerprint density at radius 1 is 0.667 bits per heavy atom. The molecule has 0 aliphatic carbocycles. The quantitative estimate of drug-likeness (QED) is 0.404. The van der Waals surface area contributed by atoms with Gasteiger partial charge in [0.15, 0.2) is 0 Å². The molecule has 0 bridgehead atoms. The first-order valence-corrected chi connectivity index (χ1v) is 9.81. The van der Waals surface area contributed by atoms with Gasteiger partial charge in [-0.2, -0.15) is 0 Å². The van der Waals surface area contributed by atoms with Gasteiger partial charge in [0, 0.05) is 46.8 Å². The molecule has 0 aromatic heterocycles. The lowest BCUT2D eigenvalue weighted by Crippen LogP contribution is -2.17. The standard InChI is InChI=1S/C23H20N4O6/c1-13-12-14(2)21(25-23(29)17-6-10-19(11-7-17)27(32)33)15(3)20(13)24-22(28)16-4-8-18(9-5-16)26(30)31/h4-12H,1-3H3,(H,24,28)(H,25,29). The molecule has 0 atom stereocenters. The number of aryl methyl sites for hydroxylation is 2. The van der Waals surface area contributed by atoms with Gasteiger partial charge < -0.3 is 10.6 Å². The van der Waals surface area contributed by atoms with Crippen molar-refractivity contribution in [2.75, 3.05) is 10.6 Å². The topological polar surface area (TPSA) is 144 Å². The molecule has 10 nitrogen and oxygen atoms in total. The fourth-order valence-electron chi connectivity index (χ4n) is 3.41. The van der Waals surface area contributed by atoms with Crippen LogP contribution in [0.4, 0.5) is 22.7 Å². The van der Waals surface area contributed by atoms with E-state index in [1.807, 2.05) is 19.9 Å². The van der Waals surface area contributed by atoms with Gasteiger partial charge in [-0.25, -0.2) is 0 Å². The van der Waals surface area contributed by atoms with Crippen LogP contribution in [0.25, 0.3) is 0 Å². The van der Waals surface area contributed by atoms with E-state index in [1.165, 1.54) is 48.5 Å². The van der Waals surface area contributed by atoms with Gasteiger partial charge in [-0.1, -0.05) is 6.07 Å². The van der Waals surface area contributed by atoms with E-state index in [0.29, 0.717) is 16.9 Å². The number of nitrogens with one attached hydrogen (secondary N) is 2. The van der Waals surface area contributed by atoms with Crippen molar-refractivity contribution < 1.29 is 19.4 Å². The van der Waals surface area contributed by atoms with Gasteiger partial charge in [-0.3, -0.25) is 29.8 Å². The predicted octanol–water partition coefficient (Wildman–Crippen LogP) is 4.93. The highest BCUT2D eigenvalue weighted by Crippen LogP contribution is 2.32. The first-order valence-electron chi connectivity index (χ1n) is 9.81. The second-order valence-corrected chi connectivity index (χ2v) is 7.40. The zero-order valence-electron chi connectivity index (χ0n) is 18.0. The van der Waals surface area contributed by atoms with Crippen molar-refractivity contribution in [2.24, 2.45) is 0 Å². The molecule has 0 saturated carbocycles. The molecule has 3 aromatic rings. The molecule has 168 valence electrons. The number of benzene rings is 3. The summed E-state index contributed by atoms with van der Waals surface area (Å²) in [6.07, 6.45) is 0. The molecular weight excluding hydrogens is 428 g/mol. The SMILES string of the molecule is Cc1cc(C)c(NC(=O)c2ccc([N+](=O)[O-])cc2)c(C)c1NC(=O)c1ccc([N+](=O)[O-])cc1. The molecule has 0 radical (unpaired) electrons. The number of rotatable bonds is 6. The van der Waals surface area contributed by atoms with E-state index in [0.717, 1.165) is 11.1 Å². The molecule has 0 spiro atoms. The molecule has 2 N–H and O–H groups in total. The van der Waals surface area contributed by atoms with Crippen molar-refractivity contribution in [3.63, 3.8) is 0 Å². The van der Waals surface area contributed by atoms with Crippen molar-refractivity contribution in [3.05, 3.63) is 103 Å². The molecule has 10 heteroatoms. The van der Waals surface area contributed by atoms with Crippen LogP contribution in [-0.2, 0) is 0 Å². The smallest absolute Gasteiger partial charge is 0.269 e. The highest BCUT2D eigenvalue weighted by Gasteiger charge is 2.18. The molecule has 0 fully saturated rings. The first-order chi connectivity index (χ1) is 15.6. The molecule has 2 amide bonds. The minimum Gasteiger partial charge on any atom is -0.321 e. The number of nitro groups is 2. The van der Waals surface area contributed by atoms with Crippen LogP contribution in [0.2, 0.25) is 0 Å². The molecule has 0 unspecified atom stereocenters. The lowest BCUT2D eigenvalue weighted by Gasteiger charge is -2.19. The van der Waals surface area contributed by atoms with E-state index < -0.39 is 21.7 Å². The van der Waals surface area contributed by atoms with E-state index in [9.17, 15) is 29.8 Å². The largest absolute Gasteiger partial charge is 0.321 e. The first kappa shape index (κ1) is 23.1.